The third kappa shape index (κ3) is 3.98. The zero-order chi connectivity index (χ0) is 21.8. The summed E-state index contributed by atoms with van der Waals surface area (Å²) in [7, 11) is 0. The molecule has 0 bridgehead atoms. The monoisotopic (exact) mass is 422 g/mol. The number of hydroxylamine groups is 1. The molecule has 2 aromatic rings. The van der Waals surface area contributed by atoms with Crippen molar-refractivity contribution >= 4 is 23.4 Å². The largest absolute Gasteiger partial charge is 0.342 e. The van der Waals surface area contributed by atoms with E-state index in [1.807, 2.05) is 60.7 Å². The lowest BCUT2D eigenvalue weighted by Crippen LogP contribution is -2.58. The Morgan fingerprint density at radius 1 is 1.03 bits per heavy atom. The number of amides is 3. The van der Waals surface area contributed by atoms with E-state index in [1.165, 1.54) is 0 Å². The van der Waals surface area contributed by atoms with Crippen LogP contribution < -0.4 is 15.7 Å². The van der Waals surface area contributed by atoms with E-state index in [0.29, 0.717) is 32.6 Å². The summed E-state index contributed by atoms with van der Waals surface area (Å²) in [5.41, 5.74) is 2.73. The van der Waals surface area contributed by atoms with Gasteiger partial charge in [-0.1, -0.05) is 48.5 Å². The second kappa shape index (κ2) is 8.77. The maximum atomic E-state index is 13.2. The Balaban J connectivity index is 1.49. The molecule has 3 N–H and O–H groups in total. The predicted molar refractivity (Wildman–Crippen MR) is 114 cm³/mol. The fraction of sp³-hybridized carbons (Fsp3) is 0.348. The van der Waals surface area contributed by atoms with E-state index >= 15 is 0 Å². The van der Waals surface area contributed by atoms with E-state index in [4.69, 9.17) is 5.21 Å². The SMILES string of the molecule is O=C(NO)C(Cc1ccccc1)C(=O)N1CCC2(CC1)C(=O)NCN2c1ccccc1. The molecule has 1 unspecified atom stereocenters. The standard InChI is InChI=1S/C23H26N4O4/c28-20(25-31)19(15-17-7-3-1-4-8-17)21(29)26-13-11-23(12-14-26)22(30)24-16-27(23)18-9-5-2-6-10-18/h1-10,19,31H,11-16H2,(H,24,30)(H,25,28). The number of likely N-dealkylation sites (tertiary alicyclic amines) is 1. The summed E-state index contributed by atoms with van der Waals surface area (Å²) < 4.78 is 0. The van der Waals surface area contributed by atoms with Crippen LogP contribution in [0.5, 0.6) is 0 Å². The molecule has 1 atom stereocenters. The van der Waals surface area contributed by atoms with Crippen molar-refractivity contribution in [2.75, 3.05) is 24.7 Å². The number of benzene rings is 2. The average molecular weight is 422 g/mol. The number of carbonyl (C=O) groups excluding carboxylic acids is 3. The summed E-state index contributed by atoms with van der Waals surface area (Å²) in [5, 5.41) is 12.1. The molecule has 8 heteroatoms. The van der Waals surface area contributed by atoms with Gasteiger partial charge in [0.1, 0.15) is 11.5 Å². The molecule has 2 aliphatic heterocycles. The van der Waals surface area contributed by atoms with Crippen LogP contribution in [0.3, 0.4) is 0 Å². The fourth-order valence-electron chi connectivity index (χ4n) is 4.57. The number of piperidine rings is 1. The Labute approximate surface area is 180 Å². The molecule has 2 aromatic carbocycles. The van der Waals surface area contributed by atoms with Crippen LogP contribution in [0.25, 0.3) is 0 Å². The number of hydrogen-bond acceptors (Lipinski definition) is 5. The molecule has 2 saturated heterocycles. The molecular weight excluding hydrogens is 396 g/mol. The van der Waals surface area contributed by atoms with Gasteiger partial charge in [-0.15, -0.1) is 0 Å². The van der Waals surface area contributed by atoms with Gasteiger partial charge in [-0.3, -0.25) is 19.6 Å². The average Bonchev–Trinajstić information content (AvgIpc) is 3.13. The second-order valence-corrected chi connectivity index (χ2v) is 8.00. The van der Waals surface area contributed by atoms with Gasteiger partial charge in [0.15, 0.2) is 0 Å². The van der Waals surface area contributed by atoms with Crippen LogP contribution in [0.2, 0.25) is 0 Å². The molecule has 162 valence electrons. The maximum Gasteiger partial charge on any atom is 0.256 e. The van der Waals surface area contributed by atoms with E-state index in [2.05, 4.69) is 10.2 Å². The summed E-state index contributed by atoms with van der Waals surface area (Å²) in [6.07, 6.45) is 1.14. The van der Waals surface area contributed by atoms with Crippen molar-refractivity contribution in [2.45, 2.75) is 24.8 Å². The lowest BCUT2D eigenvalue weighted by atomic mass is 9.85. The van der Waals surface area contributed by atoms with Gasteiger partial charge in [0, 0.05) is 18.8 Å². The molecule has 0 saturated carbocycles. The van der Waals surface area contributed by atoms with E-state index in [-0.39, 0.29) is 18.2 Å². The van der Waals surface area contributed by atoms with E-state index < -0.39 is 17.4 Å². The van der Waals surface area contributed by atoms with Crippen LogP contribution in [0.4, 0.5) is 5.69 Å². The third-order valence-electron chi connectivity index (χ3n) is 6.31. The molecule has 4 rings (SSSR count). The molecule has 2 heterocycles. The number of hydrogen-bond donors (Lipinski definition) is 3. The number of para-hydroxylation sites is 1. The molecule has 3 amide bonds. The van der Waals surface area contributed by atoms with Crippen molar-refractivity contribution in [3.63, 3.8) is 0 Å². The normalized spacial score (nSPS) is 18.5. The van der Waals surface area contributed by atoms with Gasteiger partial charge in [0.05, 0.1) is 6.67 Å². The highest BCUT2D eigenvalue weighted by Gasteiger charge is 2.51. The molecule has 31 heavy (non-hydrogen) atoms. The molecule has 2 fully saturated rings. The first kappa shape index (κ1) is 20.9. The van der Waals surface area contributed by atoms with Gasteiger partial charge >= 0.3 is 0 Å². The number of nitrogens with zero attached hydrogens (tertiary/aromatic N) is 2. The molecule has 2 aliphatic rings. The van der Waals surface area contributed by atoms with Gasteiger partial charge in [-0.2, -0.15) is 0 Å². The lowest BCUT2D eigenvalue weighted by Gasteiger charge is -2.43. The summed E-state index contributed by atoms with van der Waals surface area (Å²) in [5.74, 6) is -2.12. The topological polar surface area (TPSA) is 102 Å². The van der Waals surface area contributed by atoms with Crippen molar-refractivity contribution in [2.24, 2.45) is 5.92 Å². The highest BCUT2D eigenvalue weighted by Crippen LogP contribution is 2.36. The molecular formula is C23H26N4O4. The maximum absolute atomic E-state index is 13.2. The van der Waals surface area contributed by atoms with Gasteiger partial charge in [-0.05, 0) is 37.0 Å². The smallest absolute Gasteiger partial charge is 0.256 e. The molecule has 1 spiro atoms. The van der Waals surface area contributed by atoms with Gasteiger partial charge in [-0.25, -0.2) is 5.48 Å². The van der Waals surface area contributed by atoms with Crippen molar-refractivity contribution in [1.82, 2.24) is 15.7 Å². The molecule has 0 radical (unpaired) electrons. The first-order chi connectivity index (χ1) is 15.0. The second-order valence-electron chi connectivity index (χ2n) is 8.00. The van der Waals surface area contributed by atoms with Crippen LogP contribution in [-0.4, -0.2) is 53.1 Å². The summed E-state index contributed by atoms with van der Waals surface area (Å²) in [4.78, 5) is 41.9. The Morgan fingerprint density at radius 2 is 1.65 bits per heavy atom. The van der Waals surface area contributed by atoms with E-state index in [0.717, 1.165) is 11.3 Å². The number of anilines is 1. The lowest BCUT2D eigenvalue weighted by molar-refractivity contribution is -0.147. The van der Waals surface area contributed by atoms with Crippen LogP contribution in [0, 0.1) is 5.92 Å². The van der Waals surface area contributed by atoms with Gasteiger partial charge in [0.2, 0.25) is 11.8 Å². The Morgan fingerprint density at radius 3 is 2.26 bits per heavy atom. The Hall–Kier alpha value is -3.39. The zero-order valence-corrected chi connectivity index (χ0v) is 17.2. The van der Waals surface area contributed by atoms with Crippen LogP contribution >= 0.6 is 0 Å². The van der Waals surface area contributed by atoms with Crippen molar-refractivity contribution in [3.8, 4) is 0 Å². The van der Waals surface area contributed by atoms with Gasteiger partial charge < -0.3 is 15.1 Å². The first-order valence-electron chi connectivity index (χ1n) is 10.4. The minimum absolute atomic E-state index is 0.0302. The molecule has 0 aliphatic carbocycles. The van der Waals surface area contributed by atoms with Crippen molar-refractivity contribution in [3.05, 3.63) is 66.2 Å². The summed E-state index contributed by atoms with van der Waals surface area (Å²) in [6.45, 7) is 1.15. The van der Waals surface area contributed by atoms with Crippen molar-refractivity contribution < 1.29 is 19.6 Å². The third-order valence-corrected chi connectivity index (χ3v) is 6.31. The van der Waals surface area contributed by atoms with Crippen LogP contribution in [0.1, 0.15) is 18.4 Å². The summed E-state index contributed by atoms with van der Waals surface area (Å²) in [6, 6.07) is 19.0. The minimum Gasteiger partial charge on any atom is -0.342 e. The first-order valence-corrected chi connectivity index (χ1v) is 10.4. The highest BCUT2D eigenvalue weighted by molar-refractivity contribution is 6.00. The zero-order valence-electron chi connectivity index (χ0n) is 17.2. The van der Waals surface area contributed by atoms with Crippen LogP contribution in [-0.2, 0) is 20.8 Å². The predicted octanol–water partition coefficient (Wildman–Crippen LogP) is 1.31. The Kier molecular flexibility index (Phi) is 5.90. The fourth-order valence-corrected chi connectivity index (χ4v) is 4.57. The molecule has 0 aromatic heterocycles. The van der Waals surface area contributed by atoms with Gasteiger partial charge in [0.25, 0.3) is 5.91 Å². The minimum atomic E-state index is -1.02. The van der Waals surface area contributed by atoms with E-state index in [1.54, 1.807) is 10.4 Å². The number of rotatable bonds is 5. The Bertz CT molecular complexity index is 943. The highest BCUT2D eigenvalue weighted by atomic mass is 16.5. The number of nitrogens with one attached hydrogen (secondary N) is 2. The summed E-state index contributed by atoms with van der Waals surface area (Å²) >= 11 is 0. The van der Waals surface area contributed by atoms with Crippen molar-refractivity contribution in [1.29, 1.82) is 0 Å². The number of carbonyl (C=O) groups is 3. The van der Waals surface area contributed by atoms with E-state index in [9.17, 15) is 14.4 Å². The quantitative estimate of drug-likeness (QED) is 0.383. The molecule has 8 nitrogen and oxygen atoms in total. The van der Waals surface area contributed by atoms with Crippen LogP contribution in [0.15, 0.2) is 60.7 Å².